The second-order valence-corrected chi connectivity index (χ2v) is 4.72. The van der Waals surface area contributed by atoms with Crippen LogP contribution in [0.4, 0.5) is 4.79 Å². The van der Waals surface area contributed by atoms with E-state index in [1.54, 1.807) is 13.8 Å². The van der Waals surface area contributed by atoms with Crippen LogP contribution in [0.5, 0.6) is 0 Å². The first-order chi connectivity index (χ1) is 8.93. The first-order valence-electron chi connectivity index (χ1n) is 6.49. The highest BCUT2D eigenvalue weighted by Gasteiger charge is 2.24. The maximum Gasteiger partial charge on any atom is 0.317 e. The lowest BCUT2D eigenvalue weighted by molar-refractivity contribution is -0.138. The van der Waals surface area contributed by atoms with Crippen molar-refractivity contribution in [3.63, 3.8) is 0 Å². The van der Waals surface area contributed by atoms with Gasteiger partial charge in [0.05, 0.1) is 6.42 Å². The Balaban J connectivity index is 2.40. The second kappa shape index (κ2) is 6.96. The van der Waals surface area contributed by atoms with Crippen LogP contribution in [0.25, 0.3) is 0 Å². The topological polar surface area (TPSA) is 98.7 Å². The van der Waals surface area contributed by atoms with Gasteiger partial charge in [-0.15, -0.1) is 0 Å². The highest BCUT2D eigenvalue weighted by molar-refractivity contribution is 5.79. The van der Waals surface area contributed by atoms with Gasteiger partial charge in [0.2, 0.25) is 5.91 Å². The average Bonchev–Trinajstić information content (AvgIpc) is 2.72. The zero-order valence-corrected chi connectivity index (χ0v) is 11.3. The number of nitrogens with zero attached hydrogens (tertiary/aromatic N) is 1. The molecule has 19 heavy (non-hydrogen) atoms. The average molecular weight is 271 g/mol. The van der Waals surface area contributed by atoms with E-state index >= 15 is 0 Å². The van der Waals surface area contributed by atoms with E-state index in [0.717, 1.165) is 6.42 Å². The molecule has 1 rings (SSSR count). The van der Waals surface area contributed by atoms with Gasteiger partial charge in [0.15, 0.2) is 0 Å². The van der Waals surface area contributed by atoms with Gasteiger partial charge in [0.25, 0.3) is 0 Å². The number of carboxylic acid groups (broad SMARTS) is 1. The summed E-state index contributed by atoms with van der Waals surface area (Å²) in [5, 5.41) is 14.2. The number of nitrogens with one attached hydrogen (secondary N) is 2. The van der Waals surface area contributed by atoms with Gasteiger partial charge in [0, 0.05) is 31.6 Å². The predicted molar refractivity (Wildman–Crippen MR) is 68.7 cm³/mol. The van der Waals surface area contributed by atoms with Gasteiger partial charge in [-0.05, 0) is 20.3 Å². The minimum absolute atomic E-state index is 0.00541. The molecule has 0 spiro atoms. The van der Waals surface area contributed by atoms with E-state index in [2.05, 4.69) is 10.6 Å². The Morgan fingerprint density at radius 2 is 2.26 bits per heavy atom. The standard InChI is InChI=1S/C12H21N3O4/c1-3-15(8(2)6-11(17)18)12(19)13-7-9-4-5-10(16)14-9/h8-9H,3-7H2,1-2H3,(H,13,19)(H,14,16)(H,17,18). The summed E-state index contributed by atoms with van der Waals surface area (Å²) in [6.07, 6.45) is 1.13. The van der Waals surface area contributed by atoms with Crippen molar-refractivity contribution < 1.29 is 19.5 Å². The summed E-state index contributed by atoms with van der Waals surface area (Å²) < 4.78 is 0. The van der Waals surface area contributed by atoms with Crippen molar-refractivity contribution in [2.75, 3.05) is 13.1 Å². The third-order valence-corrected chi connectivity index (χ3v) is 3.19. The van der Waals surface area contributed by atoms with Crippen molar-refractivity contribution in [3.05, 3.63) is 0 Å². The Hall–Kier alpha value is -1.79. The van der Waals surface area contributed by atoms with E-state index in [1.165, 1.54) is 4.90 Å². The molecule has 2 unspecified atom stereocenters. The van der Waals surface area contributed by atoms with Gasteiger partial charge >= 0.3 is 12.0 Å². The van der Waals surface area contributed by atoms with Crippen LogP contribution in [0.3, 0.4) is 0 Å². The van der Waals surface area contributed by atoms with Gasteiger partial charge in [-0.1, -0.05) is 0 Å². The third kappa shape index (κ3) is 4.76. The molecule has 0 aromatic rings. The van der Waals surface area contributed by atoms with Gasteiger partial charge < -0.3 is 20.6 Å². The molecule has 3 amide bonds. The van der Waals surface area contributed by atoms with E-state index in [9.17, 15) is 14.4 Å². The number of amides is 3. The molecule has 0 saturated carbocycles. The number of urea groups is 1. The molecule has 0 aliphatic carbocycles. The van der Waals surface area contributed by atoms with Crippen molar-refractivity contribution in [2.45, 2.75) is 45.2 Å². The van der Waals surface area contributed by atoms with Gasteiger partial charge in [0.1, 0.15) is 0 Å². The van der Waals surface area contributed by atoms with Crippen molar-refractivity contribution in [3.8, 4) is 0 Å². The highest BCUT2D eigenvalue weighted by Crippen LogP contribution is 2.07. The van der Waals surface area contributed by atoms with Crippen molar-refractivity contribution in [2.24, 2.45) is 0 Å². The summed E-state index contributed by atoms with van der Waals surface area (Å²) in [7, 11) is 0. The molecule has 2 atom stereocenters. The largest absolute Gasteiger partial charge is 0.481 e. The number of hydrogen-bond acceptors (Lipinski definition) is 3. The van der Waals surface area contributed by atoms with E-state index in [4.69, 9.17) is 5.11 Å². The zero-order chi connectivity index (χ0) is 14.4. The lowest BCUT2D eigenvalue weighted by Crippen LogP contribution is -2.48. The van der Waals surface area contributed by atoms with Crippen molar-refractivity contribution >= 4 is 17.9 Å². The molecule has 1 aliphatic heterocycles. The van der Waals surface area contributed by atoms with Gasteiger partial charge in [-0.3, -0.25) is 9.59 Å². The Morgan fingerprint density at radius 1 is 1.58 bits per heavy atom. The van der Waals surface area contributed by atoms with Crippen LogP contribution in [-0.2, 0) is 9.59 Å². The SMILES string of the molecule is CCN(C(=O)NCC1CCC(=O)N1)C(C)CC(=O)O. The van der Waals surface area contributed by atoms with E-state index in [1.807, 2.05) is 0 Å². The number of carbonyl (C=O) groups excluding carboxylic acids is 2. The van der Waals surface area contributed by atoms with E-state index in [-0.39, 0.29) is 30.4 Å². The van der Waals surface area contributed by atoms with Crippen LogP contribution in [0.15, 0.2) is 0 Å². The monoisotopic (exact) mass is 271 g/mol. The molecule has 1 fully saturated rings. The normalized spacial score (nSPS) is 19.7. The molecule has 108 valence electrons. The number of aliphatic carboxylic acids is 1. The lowest BCUT2D eigenvalue weighted by atomic mass is 10.2. The zero-order valence-electron chi connectivity index (χ0n) is 11.3. The molecule has 0 aromatic heterocycles. The summed E-state index contributed by atoms with van der Waals surface area (Å²) in [5.74, 6) is -0.923. The first kappa shape index (κ1) is 15.3. The molecule has 0 aromatic carbocycles. The number of carbonyl (C=O) groups is 3. The molecular formula is C12H21N3O4. The minimum Gasteiger partial charge on any atom is -0.481 e. The smallest absolute Gasteiger partial charge is 0.317 e. The summed E-state index contributed by atoms with van der Waals surface area (Å²) in [6, 6.07) is -0.678. The van der Waals surface area contributed by atoms with Gasteiger partial charge in [-0.25, -0.2) is 4.79 Å². The maximum absolute atomic E-state index is 11.9. The number of carboxylic acids is 1. The van der Waals surface area contributed by atoms with E-state index < -0.39 is 5.97 Å². The van der Waals surface area contributed by atoms with Crippen molar-refractivity contribution in [1.82, 2.24) is 15.5 Å². The maximum atomic E-state index is 11.9. The van der Waals surface area contributed by atoms with Crippen LogP contribution in [-0.4, -0.2) is 53.1 Å². The fraction of sp³-hybridized carbons (Fsp3) is 0.750. The van der Waals surface area contributed by atoms with Gasteiger partial charge in [-0.2, -0.15) is 0 Å². The molecule has 7 heteroatoms. The summed E-state index contributed by atoms with van der Waals surface area (Å²) in [4.78, 5) is 35.1. The molecule has 1 saturated heterocycles. The Kier molecular flexibility index (Phi) is 5.59. The summed E-state index contributed by atoms with van der Waals surface area (Å²) >= 11 is 0. The van der Waals surface area contributed by atoms with Crippen LogP contribution < -0.4 is 10.6 Å². The first-order valence-corrected chi connectivity index (χ1v) is 6.49. The van der Waals surface area contributed by atoms with Crippen LogP contribution in [0.1, 0.15) is 33.1 Å². The number of hydrogen-bond donors (Lipinski definition) is 3. The lowest BCUT2D eigenvalue weighted by Gasteiger charge is -2.27. The molecule has 0 radical (unpaired) electrons. The summed E-state index contributed by atoms with van der Waals surface area (Å²) in [5.41, 5.74) is 0. The second-order valence-electron chi connectivity index (χ2n) is 4.72. The van der Waals surface area contributed by atoms with Crippen LogP contribution >= 0.6 is 0 Å². The fourth-order valence-corrected chi connectivity index (χ4v) is 2.16. The highest BCUT2D eigenvalue weighted by atomic mass is 16.4. The van der Waals surface area contributed by atoms with E-state index in [0.29, 0.717) is 19.5 Å². The summed E-state index contributed by atoms with van der Waals surface area (Å²) in [6.45, 7) is 4.32. The number of rotatable bonds is 6. The predicted octanol–water partition coefficient (Wildman–Crippen LogP) is 0.160. The van der Waals surface area contributed by atoms with Crippen LogP contribution in [0, 0.1) is 0 Å². The Bertz CT molecular complexity index is 359. The minimum atomic E-state index is -0.929. The molecule has 1 aliphatic rings. The molecule has 0 bridgehead atoms. The molecule has 7 nitrogen and oxygen atoms in total. The quantitative estimate of drug-likeness (QED) is 0.641. The van der Waals surface area contributed by atoms with Crippen molar-refractivity contribution in [1.29, 1.82) is 0 Å². The fourth-order valence-electron chi connectivity index (χ4n) is 2.16. The van der Waals surface area contributed by atoms with Crippen LogP contribution in [0.2, 0.25) is 0 Å². The molecule has 3 N–H and O–H groups in total. The Labute approximate surface area is 112 Å². The Morgan fingerprint density at radius 3 is 2.74 bits per heavy atom. The molecule has 1 heterocycles. The molecular weight excluding hydrogens is 250 g/mol. The third-order valence-electron chi connectivity index (χ3n) is 3.19.